The van der Waals surface area contributed by atoms with Gasteiger partial charge in [-0.25, -0.2) is 8.42 Å². The molecule has 0 saturated heterocycles. The largest absolute Gasteiger partial charge is 0.308 e. The summed E-state index contributed by atoms with van der Waals surface area (Å²) in [4.78, 5) is 12.2. The third-order valence-corrected chi connectivity index (χ3v) is 8.68. The van der Waals surface area contributed by atoms with Crippen LogP contribution in [0.4, 0.5) is 5.13 Å². The fourth-order valence-electron chi connectivity index (χ4n) is 2.85. The van der Waals surface area contributed by atoms with Crippen molar-refractivity contribution in [3.05, 3.63) is 63.8 Å². The number of aryl methyl sites for hydroxylation is 1. The first kappa shape index (κ1) is 21.0. The molecule has 7 nitrogen and oxygen atoms in total. The van der Waals surface area contributed by atoms with Gasteiger partial charge in [0.15, 0.2) is 4.34 Å². The first-order valence-corrected chi connectivity index (χ1v) is 13.2. The quantitative estimate of drug-likeness (QED) is 0.377. The Labute approximate surface area is 185 Å². The fourth-order valence-corrected chi connectivity index (χ4v) is 6.85. The highest BCUT2D eigenvalue weighted by atomic mass is 32.2. The summed E-state index contributed by atoms with van der Waals surface area (Å²) in [7, 11) is -3.83. The van der Waals surface area contributed by atoms with E-state index in [1.54, 1.807) is 10.6 Å². The molecule has 0 aliphatic heterocycles. The van der Waals surface area contributed by atoms with Crippen molar-refractivity contribution in [1.82, 2.24) is 14.8 Å². The van der Waals surface area contributed by atoms with Crippen LogP contribution in [0.15, 0.2) is 62.6 Å². The summed E-state index contributed by atoms with van der Waals surface area (Å²) in [6.45, 7) is 2.60. The summed E-state index contributed by atoms with van der Waals surface area (Å²) in [6.07, 6.45) is 0.828. The Morgan fingerprint density at radius 3 is 2.67 bits per heavy atom. The molecule has 0 bridgehead atoms. The van der Waals surface area contributed by atoms with Crippen LogP contribution in [0, 0.1) is 0 Å². The number of fused-ring (bicyclic) bond motifs is 1. The molecule has 0 spiro atoms. The Balaban J connectivity index is 1.50. The van der Waals surface area contributed by atoms with Crippen LogP contribution < -0.4 is 9.60 Å². The minimum atomic E-state index is -3.83. The third-order valence-electron chi connectivity index (χ3n) is 4.23. The van der Waals surface area contributed by atoms with Gasteiger partial charge in [0.05, 0.1) is 15.1 Å². The molecule has 2 heterocycles. The highest BCUT2D eigenvalue weighted by Crippen LogP contribution is 2.30. The second kappa shape index (κ2) is 8.88. The molecule has 2 aromatic heterocycles. The lowest BCUT2D eigenvalue weighted by Gasteiger charge is -2.05. The molecule has 2 aromatic carbocycles. The van der Waals surface area contributed by atoms with Gasteiger partial charge in [0.1, 0.15) is 0 Å². The van der Waals surface area contributed by atoms with Crippen molar-refractivity contribution in [3.8, 4) is 0 Å². The Bertz CT molecular complexity index is 1330. The topological polar surface area (TPSA) is 94.0 Å². The summed E-state index contributed by atoms with van der Waals surface area (Å²) in [5, 5.41) is 8.22. The average Bonchev–Trinajstić information content (AvgIpc) is 3.30. The average molecular weight is 479 g/mol. The van der Waals surface area contributed by atoms with Crippen LogP contribution in [0.2, 0.25) is 0 Å². The number of aromatic nitrogens is 3. The molecule has 156 valence electrons. The highest BCUT2D eigenvalue weighted by molar-refractivity contribution is 8.00. The Morgan fingerprint density at radius 2 is 1.90 bits per heavy atom. The number of thiazole rings is 1. The predicted octanol–water partition coefficient (Wildman–Crippen LogP) is 4.42. The van der Waals surface area contributed by atoms with Gasteiger partial charge in [-0.1, -0.05) is 71.7 Å². The Morgan fingerprint density at radius 1 is 1.10 bits per heavy atom. The molecule has 4 rings (SSSR count). The standard InChI is InChI=1S/C19H18N4O3S4/c1-2-10-23-15-9-8-14(11-16(15)28-19(23)24)30(25,26)22-17-20-21-18(29-17)27-12-13-6-4-3-5-7-13/h3-9,11H,2,10,12H2,1H3,(H,20,22). The maximum atomic E-state index is 12.8. The van der Waals surface area contributed by atoms with Gasteiger partial charge < -0.3 is 0 Å². The van der Waals surface area contributed by atoms with Crippen LogP contribution in [0.5, 0.6) is 0 Å². The zero-order valence-electron chi connectivity index (χ0n) is 15.9. The molecule has 1 N–H and O–H groups in total. The van der Waals surface area contributed by atoms with E-state index in [2.05, 4.69) is 14.9 Å². The zero-order valence-corrected chi connectivity index (χ0v) is 19.2. The van der Waals surface area contributed by atoms with Gasteiger partial charge in [0, 0.05) is 12.3 Å². The molecule has 0 saturated carbocycles. The van der Waals surface area contributed by atoms with Gasteiger partial charge in [-0.05, 0) is 30.2 Å². The van der Waals surface area contributed by atoms with Crippen molar-refractivity contribution in [2.24, 2.45) is 0 Å². The summed E-state index contributed by atoms with van der Waals surface area (Å²) < 4.78 is 31.1. The van der Waals surface area contributed by atoms with E-state index >= 15 is 0 Å². The Kier molecular flexibility index (Phi) is 6.23. The van der Waals surface area contributed by atoms with E-state index in [-0.39, 0.29) is 14.9 Å². The van der Waals surface area contributed by atoms with E-state index in [0.717, 1.165) is 34.6 Å². The predicted molar refractivity (Wildman–Crippen MR) is 123 cm³/mol. The summed E-state index contributed by atoms with van der Waals surface area (Å²) in [5.74, 6) is 0.729. The van der Waals surface area contributed by atoms with Crippen molar-refractivity contribution in [2.45, 2.75) is 34.9 Å². The van der Waals surface area contributed by atoms with Crippen molar-refractivity contribution >= 4 is 59.8 Å². The lowest BCUT2D eigenvalue weighted by Crippen LogP contribution is -2.13. The molecule has 0 atom stereocenters. The minimum absolute atomic E-state index is 0.0847. The minimum Gasteiger partial charge on any atom is -0.299 e. The van der Waals surface area contributed by atoms with Gasteiger partial charge >= 0.3 is 4.87 Å². The van der Waals surface area contributed by atoms with Crippen LogP contribution in [0.3, 0.4) is 0 Å². The van der Waals surface area contributed by atoms with E-state index in [9.17, 15) is 13.2 Å². The van der Waals surface area contributed by atoms with Crippen LogP contribution in [0.25, 0.3) is 10.2 Å². The number of thioether (sulfide) groups is 1. The Hall–Kier alpha value is -2.21. The van der Waals surface area contributed by atoms with E-state index in [1.165, 1.54) is 35.2 Å². The van der Waals surface area contributed by atoms with E-state index < -0.39 is 10.0 Å². The molecule has 0 amide bonds. The lowest BCUT2D eigenvalue weighted by atomic mass is 10.2. The van der Waals surface area contributed by atoms with Crippen molar-refractivity contribution in [1.29, 1.82) is 0 Å². The fraction of sp³-hybridized carbons (Fsp3) is 0.211. The van der Waals surface area contributed by atoms with Gasteiger partial charge in [-0.2, -0.15) is 0 Å². The number of benzene rings is 2. The number of rotatable bonds is 8. The number of anilines is 1. The summed E-state index contributed by atoms with van der Waals surface area (Å²) >= 11 is 3.74. The molecule has 0 aliphatic rings. The lowest BCUT2D eigenvalue weighted by molar-refractivity contribution is 0.601. The van der Waals surface area contributed by atoms with E-state index in [0.29, 0.717) is 15.6 Å². The van der Waals surface area contributed by atoms with Crippen molar-refractivity contribution in [3.63, 3.8) is 0 Å². The number of nitrogens with zero attached hydrogens (tertiary/aromatic N) is 3. The SMILES string of the molecule is CCCn1c(=O)sc2cc(S(=O)(=O)Nc3nnc(SCc4ccccc4)s3)ccc21. The molecule has 0 fully saturated rings. The number of nitrogens with one attached hydrogen (secondary N) is 1. The molecular formula is C19H18N4O3S4. The van der Waals surface area contributed by atoms with Gasteiger partial charge in [-0.3, -0.25) is 14.1 Å². The molecule has 0 radical (unpaired) electrons. The van der Waals surface area contributed by atoms with E-state index in [4.69, 9.17) is 0 Å². The number of hydrogen-bond donors (Lipinski definition) is 1. The molecule has 0 aliphatic carbocycles. The van der Waals surface area contributed by atoms with E-state index in [1.807, 2.05) is 37.3 Å². The molecule has 0 unspecified atom stereocenters. The summed E-state index contributed by atoms with van der Waals surface area (Å²) in [5.41, 5.74) is 1.91. The molecular weight excluding hydrogens is 461 g/mol. The van der Waals surface area contributed by atoms with Gasteiger partial charge in [-0.15, -0.1) is 10.2 Å². The zero-order chi connectivity index (χ0) is 21.1. The van der Waals surface area contributed by atoms with Gasteiger partial charge in [0.25, 0.3) is 10.0 Å². The highest BCUT2D eigenvalue weighted by Gasteiger charge is 2.19. The molecule has 4 aromatic rings. The normalized spacial score (nSPS) is 11.8. The smallest absolute Gasteiger partial charge is 0.299 e. The second-order valence-corrected chi connectivity index (χ2v) is 11.3. The summed E-state index contributed by atoms with van der Waals surface area (Å²) in [6, 6.07) is 14.7. The first-order chi connectivity index (χ1) is 14.5. The second-order valence-electron chi connectivity index (χ2n) is 6.40. The maximum Gasteiger partial charge on any atom is 0.308 e. The van der Waals surface area contributed by atoms with Crippen molar-refractivity contribution in [2.75, 3.05) is 4.72 Å². The van der Waals surface area contributed by atoms with Crippen LogP contribution >= 0.6 is 34.4 Å². The molecule has 30 heavy (non-hydrogen) atoms. The van der Waals surface area contributed by atoms with Gasteiger partial charge in [0.2, 0.25) is 5.13 Å². The molecule has 11 heteroatoms. The van der Waals surface area contributed by atoms with Crippen LogP contribution in [-0.2, 0) is 22.3 Å². The first-order valence-electron chi connectivity index (χ1n) is 9.13. The third kappa shape index (κ3) is 4.59. The van der Waals surface area contributed by atoms with Crippen LogP contribution in [0.1, 0.15) is 18.9 Å². The monoisotopic (exact) mass is 478 g/mol. The van der Waals surface area contributed by atoms with Crippen LogP contribution in [-0.4, -0.2) is 23.2 Å². The maximum absolute atomic E-state index is 12.8. The van der Waals surface area contributed by atoms with Crippen molar-refractivity contribution < 1.29 is 8.42 Å². The number of sulfonamides is 1. The number of hydrogen-bond acceptors (Lipinski definition) is 8.